The zero-order valence-corrected chi connectivity index (χ0v) is 11.3. The number of ether oxygens (including phenoxy) is 1. The van der Waals surface area contributed by atoms with E-state index < -0.39 is 15.8 Å². The minimum atomic E-state index is -3.56. The molecule has 0 spiro atoms. The van der Waals surface area contributed by atoms with Crippen molar-refractivity contribution >= 4 is 10.0 Å². The van der Waals surface area contributed by atoms with E-state index >= 15 is 0 Å². The highest BCUT2D eigenvalue weighted by atomic mass is 32.2. The second-order valence-electron chi connectivity index (χ2n) is 4.17. The summed E-state index contributed by atoms with van der Waals surface area (Å²) >= 11 is 0. The van der Waals surface area contributed by atoms with Crippen molar-refractivity contribution in [3.8, 4) is 11.8 Å². The lowest BCUT2D eigenvalue weighted by atomic mass is 10.1. The first kappa shape index (κ1) is 15.4. The van der Waals surface area contributed by atoms with Gasteiger partial charge in [0.1, 0.15) is 17.6 Å². The van der Waals surface area contributed by atoms with Gasteiger partial charge >= 0.3 is 0 Å². The van der Waals surface area contributed by atoms with Gasteiger partial charge in [0.25, 0.3) is 0 Å². The summed E-state index contributed by atoms with van der Waals surface area (Å²) in [7, 11) is -3.56. The summed E-state index contributed by atoms with van der Waals surface area (Å²) in [6.07, 6.45) is 0.579. The third kappa shape index (κ3) is 5.24. The number of rotatable bonds is 6. The van der Waals surface area contributed by atoms with E-state index in [1.165, 1.54) is 12.1 Å². The Kier molecular flexibility index (Phi) is 5.27. The van der Waals surface area contributed by atoms with Crippen LogP contribution in [0.5, 0.6) is 5.75 Å². The van der Waals surface area contributed by atoms with E-state index in [-0.39, 0.29) is 29.6 Å². The van der Waals surface area contributed by atoms with E-state index in [1.54, 1.807) is 6.07 Å². The molecule has 0 aliphatic heterocycles. The molecule has 0 bridgehead atoms. The van der Waals surface area contributed by atoms with Crippen molar-refractivity contribution in [3.63, 3.8) is 0 Å². The van der Waals surface area contributed by atoms with Gasteiger partial charge in [-0.1, -0.05) is 6.92 Å². The maximum Gasteiger partial charge on any atom is 0.209 e. The van der Waals surface area contributed by atoms with Gasteiger partial charge in [-0.15, -0.1) is 0 Å². The summed E-state index contributed by atoms with van der Waals surface area (Å²) in [6.45, 7) is 1.94. The normalized spacial score (nSPS) is 12.7. The van der Waals surface area contributed by atoms with Gasteiger partial charge in [-0.05, 0) is 18.6 Å². The monoisotopic (exact) mass is 286 g/mol. The molecule has 0 saturated heterocycles. The van der Waals surface area contributed by atoms with E-state index in [0.29, 0.717) is 6.42 Å². The molecule has 0 radical (unpaired) electrons. The molecule has 104 valence electrons. The summed E-state index contributed by atoms with van der Waals surface area (Å²) in [5.74, 6) is -0.847. The molecule has 7 heteroatoms. The topological polar surface area (TPSA) is 93.2 Å². The third-order valence-corrected chi connectivity index (χ3v) is 3.53. The van der Waals surface area contributed by atoms with E-state index in [4.69, 9.17) is 15.1 Å². The molecular weight excluding hydrogens is 271 g/mol. The number of sulfonamides is 1. The number of halogens is 1. The number of nitrogens with two attached hydrogens (primary N) is 1. The van der Waals surface area contributed by atoms with E-state index in [9.17, 15) is 12.8 Å². The number of hydrogen-bond donors (Lipinski definition) is 1. The van der Waals surface area contributed by atoms with E-state index in [1.807, 2.05) is 6.92 Å². The molecule has 5 nitrogen and oxygen atoms in total. The second kappa shape index (κ2) is 6.50. The predicted molar refractivity (Wildman–Crippen MR) is 68.4 cm³/mol. The molecule has 0 fully saturated rings. The Morgan fingerprint density at radius 1 is 1.53 bits per heavy atom. The zero-order chi connectivity index (χ0) is 14.5. The van der Waals surface area contributed by atoms with Crippen molar-refractivity contribution < 1.29 is 17.5 Å². The maximum absolute atomic E-state index is 13.3. The fraction of sp³-hybridized carbons (Fsp3) is 0.417. The molecule has 1 aromatic carbocycles. The highest BCUT2D eigenvalue weighted by Gasteiger charge is 2.15. The third-order valence-electron chi connectivity index (χ3n) is 2.59. The standard InChI is InChI=1S/C12H15FN2O3S/c1-2-9(8-19(15,16)17)7-18-11-4-3-10(6-14)12(13)5-11/h3-5,9H,2,7-8H2,1H3,(H2,15,16,17). The Bertz CT molecular complexity index is 581. The van der Waals surface area contributed by atoms with Gasteiger partial charge in [0.15, 0.2) is 0 Å². The van der Waals surface area contributed by atoms with E-state index in [2.05, 4.69) is 0 Å². The summed E-state index contributed by atoms with van der Waals surface area (Å²) in [5, 5.41) is 13.5. The van der Waals surface area contributed by atoms with Crippen molar-refractivity contribution in [3.05, 3.63) is 29.6 Å². The number of primary sulfonamides is 1. The molecule has 1 aromatic rings. The fourth-order valence-electron chi connectivity index (χ4n) is 1.50. The van der Waals surface area contributed by atoms with Crippen LogP contribution in [0.15, 0.2) is 18.2 Å². The van der Waals surface area contributed by atoms with Crippen LogP contribution in [-0.4, -0.2) is 20.8 Å². The molecule has 0 amide bonds. The van der Waals surface area contributed by atoms with Crippen LogP contribution >= 0.6 is 0 Å². The molecule has 0 heterocycles. The summed E-state index contributed by atoms with van der Waals surface area (Å²) in [4.78, 5) is 0. The summed E-state index contributed by atoms with van der Waals surface area (Å²) in [6, 6.07) is 5.58. The zero-order valence-electron chi connectivity index (χ0n) is 10.5. The quantitative estimate of drug-likeness (QED) is 0.855. The minimum Gasteiger partial charge on any atom is -0.493 e. The van der Waals surface area contributed by atoms with Crippen LogP contribution in [0.25, 0.3) is 0 Å². The number of nitrogens with zero attached hydrogens (tertiary/aromatic N) is 1. The SMILES string of the molecule is CCC(COc1ccc(C#N)c(F)c1)CS(N)(=O)=O. The Balaban J connectivity index is 2.65. The van der Waals surface area contributed by atoms with Gasteiger partial charge in [-0.25, -0.2) is 17.9 Å². The molecular formula is C12H15FN2O3S. The van der Waals surface area contributed by atoms with Crippen LogP contribution in [0.2, 0.25) is 0 Å². The largest absolute Gasteiger partial charge is 0.493 e. The fourth-order valence-corrected chi connectivity index (χ4v) is 2.49. The van der Waals surface area contributed by atoms with Crippen LogP contribution < -0.4 is 9.88 Å². The van der Waals surface area contributed by atoms with Gasteiger partial charge in [-0.3, -0.25) is 0 Å². The first-order valence-corrected chi connectivity index (χ1v) is 7.40. The van der Waals surface area contributed by atoms with Gasteiger partial charge < -0.3 is 4.74 Å². The van der Waals surface area contributed by atoms with Gasteiger partial charge in [0.2, 0.25) is 10.0 Å². The van der Waals surface area contributed by atoms with Gasteiger partial charge in [0.05, 0.1) is 17.9 Å². The lowest BCUT2D eigenvalue weighted by Crippen LogP contribution is -2.26. The lowest BCUT2D eigenvalue weighted by Gasteiger charge is -2.14. The number of hydrogen-bond acceptors (Lipinski definition) is 4. The second-order valence-corrected chi connectivity index (χ2v) is 5.83. The molecule has 2 N–H and O–H groups in total. The Morgan fingerprint density at radius 2 is 2.21 bits per heavy atom. The molecule has 0 aromatic heterocycles. The van der Waals surface area contributed by atoms with Gasteiger partial charge in [0, 0.05) is 12.0 Å². The average Bonchev–Trinajstić information content (AvgIpc) is 2.33. The molecule has 1 atom stereocenters. The van der Waals surface area contributed by atoms with Crippen molar-refractivity contribution in [2.75, 3.05) is 12.4 Å². The molecule has 0 aliphatic carbocycles. The van der Waals surface area contributed by atoms with Crippen LogP contribution in [0.1, 0.15) is 18.9 Å². The maximum atomic E-state index is 13.3. The lowest BCUT2D eigenvalue weighted by molar-refractivity contribution is 0.256. The summed E-state index contributed by atoms with van der Waals surface area (Å²) < 4.78 is 40.6. The predicted octanol–water partition coefficient (Wildman–Crippen LogP) is 1.39. The summed E-state index contributed by atoms with van der Waals surface area (Å²) in [5.41, 5.74) is -0.0658. The Hall–Kier alpha value is -1.65. The molecule has 0 saturated carbocycles. The Morgan fingerprint density at radius 3 is 2.68 bits per heavy atom. The number of nitriles is 1. The molecule has 0 aliphatic rings. The van der Waals surface area contributed by atoms with Crippen LogP contribution in [0, 0.1) is 23.1 Å². The highest BCUT2D eigenvalue weighted by Crippen LogP contribution is 2.17. The smallest absolute Gasteiger partial charge is 0.209 e. The van der Waals surface area contributed by atoms with Gasteiger partial charge in [-0.2, -0.15) is 5.26 Å². The molecule has 1 unspecified atom stereocenters. The van der Waals surface area contributed by atoms with Crippen LogP contribution in [0.3, 0.4) is 0 Å². The van der Waals surface area contributed by atoms with Crippen molar-refractivity contribution in [2.45, 2.75) is 13.3 Å². The molecule has 19 heavy (non-hydrogen) atoms. The average molecular weight is 286 g/mol. The van der Waals surface area contributed by atoms with Crippen molar-refractivity contribution in [1.29, 1.82) is 5.26 Å². The first-order chi connectivity index (χ1) is 8.85. The van der Waals surface area contributed by atoms with Crippen LogP contribution in [0.4, 0.5) is 4.39 Å². The van der Waals surface area contributed by atoms with E-state index in [0.717, 1.165) is 6.07 Å². The van der Waals surface area contributed by atoms with Crippen molar-refractivity contribution in [2.24, 2.45) is 11.1 Å². The first-order valence-electron chi connectivity index (χ1n) is 5.68. The highest BCUT2D eigenvalue weighted by molar-refractivity contribution is 7.89. The number of benzene rings is 1. The minimum absolute atomic E-state index is 0.0658. The van der Waals surface area contributed by atoms with Crippen LogP contribution in [-0.2, 0) is 10.0 Å². The Labute approximate surface area is 111 Å². The van der Waals surface area contributed by atoms with Crippen molar-refractivity contribution in [1.82, 2.24) is 0 Å². The molecule has 1 rings (SSSR count).